The Morgan fingerprint density at radius 1 is 1.40 bits per heavy atom. The van der Waals surface area contributed by atoms with Crippen LogP contribution in [-0.4, -0.2) is 62.7 Å². The molecule has 0 bridgehead atoms. The van der Waals surface area contributed by atoms with Crippen molar-refractivity contribution >= 4 is 0 Å². The Morgan fingerprint density at radius 2 is 2.27 bits per heavy atom. The molecule has 0 saturated carbocycles. The molecule has 0 aromatic heterocycles. The highest BCUT2D eigenvalue weighted by molar-refractivity contribution is 4.81. The first kappa shape index (κ1) is 11.4. The number of nitrogens with one attached hydrogen (secondary N) is 1. The smallest absolute Gasteiger partial charge is 0.0220 e. The molecular formula is C12H25N3. The van der Waals surface area contributed by atoms with Crippen molar-refractivity contribution in [3.8, 4) is 0 Å². The maximum atomic E-state index is 3.45. The summed E-state index contributed by atoms with van der Waals surface area (Å²) in [5, 5.41) is 3.45. The molecule has 0 aliphatic carbocycles. The molecule has 0 aromatic carbocycles. The van der Waals surface area contributed by atoms with Crippen molar-refractivity contribution in [1.82, 2.24) is 15.1 Å². The molecule has 2 unspecified atom stereocenters. The lowest BCUT2D eigenvalue weighted by Crippen LogP contribution is -2.46. The molecule has 2 aliphatic rings. The number of nitrogens with zero attached hydrogens (tertiary/aromatic N) is 2. The predicted octanol–water partition coefficient (Wildman–Crippen LogP) is 0.622. The Kier molecular flexibility index (Phi) is 4.00. The van der Waals surface area contributed by atoms with Gasteiger partial charge in [0, 0.05) is 19.1 Å². The minimum Gasteiger partial charge on any atom is -0.316 e. The van der Waals surface area contributed by atoms with Gasteiger partial charge in [-0.2, -0.15) is 0 Å². The van der Waals surface area contributed by atoms with Crippen molar-refractivity contribution in [2.45, 2.75) is 25.3 Å². The van der Waals surface area contributed by atoms with Crippen molar-refractivity contribution < 1.29 is 0 Å². The van der Waals surface area contributed by atoms with Crippen molar-refractivity contribution in [2.75, 3.05) is 46.8 Å². The molecule has 3 heteroatoms. The van der Waals surface area contributed by atoms with Gasteiger partial charge in [-0.05, 0) is 58.9 Å². The zero-order valence-corrected chi connectivity index (χ0v) is 10.2. The fourth-order valence-electron chi connectivity index (χ4n) is 2.93. The van der Waals surface area contributed by atoms with Gasteiger partial charge in [0.25, 0.3) is 0 Å². The first-order valence-corrected chi connectivity index (χ1v) is 6.35. The third-order valence-corrected chi connectivity index (χ3v) is 3.93. The van der Waals surface area contributed by atoms with E-state index in [2.05, 4.69) is 29.2 Å². The van der Waals surface area contributed by atoms with Gasteiger partial charge in [-0.25, -0.2) is 0 Å². The molecule has 3 nitrogen and oxygen atoms in total. The van der Waals surface area contributed by atoms with Crippen LogP contribution in [0.3, 0.4) is 0 Å². The number of rotatable bonds is 3. The van der Waals surface area contributed by atoms with E-state index in [1.807, 2.05) is 0 Å². The van der Waals surface area contributed by atoms with Crippen LogP contribution in [0, 0.1) is 5.92 Å². The fourth-order valence-corrected chi connectivity index (χ4v) is 2.93. The molecule has 88 valence electrons. The van der Waals surface area contributed by atoms with Gasteiger partial charge < -0.3 is 15.1 Å². The molecule has 15 heavy (non-hydrogen) atoms. The van der Waals surface area contributed by atoms with Gasteiger partial charge in [0.15, 0.2) is 0 Å². The lowest BCUT2D eigenvalue weighted by atomic mass is 10.0. The molecule has 0 aromatic rings. The van der Waals surface area contributed by atoms with Crippen LogP contribution in [0.4, 0.5) is 0 Å². The van der Waals surface area contributed by atoms with Gasteiger partial charge in [-0.1, -0.05) is 0 Å². The van der Waals surface area contributed by atoms with Crippen LogP contribution in [0.2, 0.25) is 0 Å². The number of likely N-dealkylation sites (N-methyl/N-ethyl adjacent to an activating group) is 2. The van der Waals surface area contributed by atoms with Crippen molar-refractivity contribution in [1.29, 1.82) is 0 Å². The maximum absolute atomic E-state index is 3.45. The summed E-state index contributed by atoms with van der Waals surface area (Å²) in [6.45, 7) is 6.29. The highest BCUT2D eigenvalue weighted by atomic mass is 15.2. The number of likely N-dealkylation sites (tertiary alicyclic amines) is 1. The SMILES string of the molecule is CN1CCCC(N(C)CC2CCNC2)C1. The van der Waals surface area contributed by atoms with Gasteiger partial charge >= 0.3 is 0 Å². The second kappa shape index (κ2) is 5.28. The van der Waals surface area contributed by atoms with E-state index in [1.165, 1.54) is 52.0 Å². The normalized spacial score (nSPS) is 33.8. The van der Waals surface area contributed by atoms with Crippen LogP contribution in [0.5, 0.6) is 0 Å². The van der Waals surface area contributed by atoms with Crippen LogP contribution in [0.25, 0.3) is 0 Å². The number of hydrogen-bond acceptors (Lipinski definition) is 3. The van der Waals surface area contributed by atoms with Crippen LogP contribution in [0.15, 0.2) is 0 Å². The zero-order valence-electron chi connectivity index (χ0n) is 10.2. The lowest BCUT2D eigenvalue weighted by molar-refractivity contribution is 0.122. The summed E-state index contributed by atoms with van der Waals surface area (Å²) in [7, 11) is 4.55. The minimum absolute atomic E-state index is 0.796. The van der Waals surface area contributed by atoms with E-state index >= 15 is 0 Å². The highest BCUT2D eigenvalue weighted by Crippen LogP contribution is 2.16. The van der Waals surface area contributed by atoms with Crippen LogP contribution < -0.4 is 5.32 Å². The number of hydrogen-bond donors (Lipinski definition) is 1. The molecule has 0 amide bonds. The standard InChI is InChI=1S/C12H25N3/c1-14-7-3-4-12(10-14)15(2)9-11-5-6-13-8-11/h11-13H,3-10H2,1-2H3. The second-order valence-electron chi connectivity index (χ2n) is 5.36. The third kappa shape index (κ3) is 3.16. The summed E-state index contributed by atoms with van der Waals surface area (Å²) in [6, 6.07) is 0.796. The molecule has 2 fully saturated rings. The Bertz CT molecular complexity index is 189. The van der Waals surface area contributed by atoms with E-state index in [0.717, 1.165) is 12.0 Å². The molecule has 0 spiro atoms. The van der Waals surface area contributed by atoms with Crippen molar-refractivity contribution in [3.63, 3.8) is 0 Å². The van der Waals surface area contributed by atoms with Gasteiger partial charge in [-0.15, -0.1) is 0 Å². The Balaban J connectivity index is 1.76. The van der Waals surface area contributed by atoms with E-state index in [1.54, 1.807) is 0 Å². The lowest BCUT2D eigenvalue weighted by Gasteiger charge is -2.36. The number of piperidine rings is 1. The largest absolute Gasteiger partial charge is 0.316 e. The van der Waals surface area contributed by atoms with Gasteiger partial charge in [-0.3, -0.25) is 0 Å². The summed E-state index contributed by atoms with van der Waals surface area (Å²) >= 11 is 0. The zero-order chi connectivity index (χ0) is 10.7. The third-order valence-electron chi connectivity index (χ3n) is 3.93. The molecule has 2 atom stereocenters. The molecule has 2 rings (SSSR count). The first-order valence-electron chi connectivity index (χ1n) is 6.35. The van der Waals surface area contributed by atoms with Crippen molar-refractivity contribution in [2.24, 2.45) is 5.92 Å². The Labute approximate surface area is 93.8 Å². The molecule has 1 N–H and O–H groups in total. The monoisotopic (exact) mass is 211 g/mol. The molecule has 2 aliphatic heterocycles. The first-order chi connectivity index (χ1) is 7.25. The minimum atomic E-state index is 0.796. The molecule has 2 saturated heterocycles. The summed E-state index contributed by atoms with van der Waals surface area (Å²) < 4.78 is 0. The summed E-state index contributed by atoms with van der Waals surface area (Å²) in [5.74, 6) is 0.891. The van der Waals surface area contributed by atoms with E-state index < -0.39 is 0 Å². The van der Waals surface area contributed by atoms with Crippen LogP contribution in [0.1, 0.15) is 19.3 Å². The fraction of sp³-hybridized carbons (Fsp3) is 1.00. The topological polar surface area (TPSA) is 18.5 Å². The van der Waals surface area contributed by atoms with Gasteiger partial charge in [0.1, 0.15) is 0 Å². The summed E-state index contributed by atoms with van der Waals surface area (Å²) in [5.41, 5.74) is 0. The van der Waals surface area contributed by atoms with Gasteiger partial charge in [0.2, 0.25) is 0 Å². The predicted molar refractivity (Wildman–Crippen MR) is 64.1 cm³/mol. The van der Waals surface area contributed by atoms with E-state index in [-0.39, 0.29) is 0 Å². The maximum Gasteiger partial charge on any atom is 0.0220 e. The molecule has 0 radical (unpaired) electrons. The highest BCUT2D eigenvalue weighted by Gasteiger charge is 2.24. The van der Waals surface area contributed by atoms with E-state index in [0.29, 0.717) is 0 Å². The summed E-state index contributed by atoms with van der Waals surface area (Å²) in [4.78, 5) is 5.06. The molecule has 2 heterocycles. The average molecular weight is 211 g/mol. The van der Waals surface area contributed by atoms with Crippen molar-refractivity contribution in [3.05, 3.63) is 0 Å². The quantitative estimate of drug-likeness (QED) is 0.738. The van der Waals surface area contributed by atoms with Crippen LogP contribution in [-0.2, 0) is 0 Å². The Hall–Kier alpha value is -0.120. The molecular weight excluding hydrogens is 186 g/mol. The van der Waals surface area contributed by atoms with E-state index in [4.69, 9.17) is 0 Å². The van der Waals surface area contributed by atoms with E-state index in [9.17, 15) is 0 Å². The van der Waals surface area contributed by atoms with Crippen LogP contribution >= 0.6 is 0 Å². The average Bonchev–Trinajstić information content (AvgIpc) is 2.70. The summed E-state index contributed by atoms with van der Waals surface area (Å²) in [6.07, 6.45) is 4.13. The van der Waals surface area contributed by atoms with Gasteiger partial charge in [0.05, 0.1) is 0 Å². The Morgan fingerprint density at radius 3 is 2.93 bits per heavy atom. The second-order valence-corrected chi connectivity index (χ2v) is 5.36.